The SMILES string of the molecule is O=C1CCCC2=C1CCc1c3cc4c(cc3nc[n+]12)OCO4. The van der Waals surface area contributed by atoms with Gasteiger partial charge in [-0.05, 0) is 23.9 Å². The Hall–Kier alpha value is -2.43. The number of rotatable bonds is 0. The molecule has 0 saturated carbocycles. The molecule has 2 aromatic rings. The maximum Gasteiger partial charge on any atom is 0.291 e. The van der Waals surface area contributed by atoms with Crippen LogP contribution in [0.4, 0.5) is 0 Å². The van der Waals surface area contributed by atoms with E-state index in [9.17, 15) is 4.79 Å². The van der Waals surface area contributed by atoms with Crippen molar-refractivity contribution in [1.29, 1.82) is 0 Å². The van der Waals surface area contributed by atoms with Crippen molar-refractivity contribution in [1.82, 2.24) is 4.98 Å². The molecule has 0 N–H and O–H groups in total. The molecular weight excluding hydrogens is 280 g/mol. The molecule has 110 valence electrons. The zero-order chi connectivity index (χ0) is 14.7. The fourth-order valence-electron chi connectivity index (χ4n) is 3.75. The molecule has 0 spiro atoms. The topological polar surface area (TPSA) is 52.3 Å². The van der Waals surface area contributed by atoms with Crippen LogP contribution in [0.1, 0.15) is 31.4 Å². The maximum absolute atomic E-state index is 12.1. The summed E-state index contributed by atoms with van der Waals surface area (Å²) in [7, 11) is 0. The van der Waals surface area contributed by atoms with Gasteiger partial charge in [-0.1, -0.05) is 0 Å². The van der Waals surface area contributed by atoms with E-state index in [1.54, 1.807) is 0 Å². The van der Waals surface area contributed by atoms with Crippen molar-refractivity contribution in [2.24, 2.45) is 0 Å². The molecule has 5 nitrogen and oxygen atoms in total. The molecule has 5 heteroatoms. The predicted octanol–water partition coefficient (Wildman–Crippen LogP) is 2.16. The highest BCUT2D eigenvalue weighted by Gasteiger charge is 2.32. The lowest BCUT2D eigenvalue weighted by atomic mass is 9.88. The number of Topliss-reactive ketones (excluding diaryl/α,β-unsaturated/α-hetero) is 1. The second-order valence-corrected chi connectivity index (χ2v) is 5.99. The van der Waals surface area contributed by atoms with Gasteiger partial charge in [0.05, 0.1) is 5.39 Å². The number of nitrogens with zero attached hydrogens (tertiary/aromatic N) is 2. The van der Waals surface area contributed by atoms with Gasteiger partial charge >= 0.3 is 0 Å². The van der Waals surface area contributed by atoms with Crippen molar-refractivity contribution < 1.29 is 18.8 Å². The third-order valence-electron chi connectivity index (χ3n) is 4.81. The first-order chi connectivity index (χ1) is 10.8. The highest BCUT2D eigenvalue weighted by molar-refractivity contribution is 6.01. The number of hydrogen-bond donors (Lipinski definition) is 0. The van der Waals surface area contributed by atoms with Gasteiger partial charge < -0.3 is 9.47 Å². The van der Waals surface area contributed by atoms with Gasteiger partial charge in [-0.15, -0.1) is 0 Å². The highest BCUT2D eigenvalue weighted by Crippen LogP contribution is 2.37. The highest BCUT2D eigenvalue weighted by atomic mass is 16.7. The van der Waals surface area contributed by atoms with E-state index >= 15 is 0 Å². The molecule has 3 aliphatic rings. The van der Waals surface area contributed by atoms with Gasteiger partial charge in [0, 0.05) is 30.9 Å². The fourth-order valence-corrected chi connectivity index (χ4v) is 3.75. The lowest BCUT2D eigenvalue weighted by Gasteiger charge is -2.23. The summed E-state index contributed by atoms with van der Waals surface area (Å²) in [5.41, 5.74) is 4.29. The Morgan fingerprint density at radius 3 is 2.82 bits per heavy atom. The number of ether oxygens (including phenoxy) is 2. The number of aryl methyl sites for hydroxylation is 1. The quantitative estimate of drug-likeness (QED) is 0.699. The van der Waals surface area contributed by atoms with Gasteiger partial charge in [0.2, 0.25) is 6.79 Å². The summed E-state index contributed by atoms with van der Waals surface area (Å²) in [6, 6.07) is 3.96. The van der Waals surface area contributed by atoms with E-state index in [1.165, 1.54) is 5.69 Å². The molecule has 22 heavy (non-hydrogen) atoms. The van der Waals surface area contributed by atoms with Gasteiger partial charge in [0.1, 0.15) is 11.4 Å². The minimum atomic E-state index is 0.269. The van der Waals surface area contributed by atoms with Gasteiger partial charge in [-0.2, -0.15) is 0 Å². The van der Waals surface area contributed by atoms with E-state index in [4.69, 9.17) is 9.47 Å². The van der Waals surface area contributed by atoms with Gasteiger partial charge in [-0.25, -0.2) is 4.57 Å². The van der Waals surface area contributed by atoms with Crippen LogP contribution >= 0.6 is 0 Å². The van der Waals surface area contributed by atoms with Crippen molar-refractivity contribution >= 4 is 22.4 Å². The lowest BCUT2D eigenvalue weighted by Crippen LogP contribution is -2.43. The van der Waals surface area contributed by atoms with Crippen LogP contribution in [0.5, 0.6) is 11.5 Å². The summed E-state index contributed by atoms with van der Waals surface area (Å²) in [5, 5.41) is 1.09. The number of benzene rings is 1. The standard InChI is InChI=1S/C17H15N2O3/c20-15-3-1-2-13-10(15)4-5-14-11-6-16-17(22-9-21-16)7-12(11)18-8-19(13)14/h6-8H,1-5,9H2/q+1. The first kappa shape index (κ1) is 12.1. The lowest BCUT2D eigenvalue weighted by molar-refractivity contribution is -0.596. The summed E-state index contributed by atoms with van der Waals surface area (Å²) < 4.78 is 13.0. The summed E-state index contributed by atoms with van der Waals surface area (Å²) in [4.78, 5) is 16.7. The zero-order valence-corrected chi connectivity index (χ0v) is 12.1. The first-order valence-electron chi connectivity index (χ1n) is 7.70. The van der Waals surface area contributed by atoms with Crippen molar-refractivity contribution in [3.05, 3.63) is 29.7 Å². The number of aromatic nitrogens is 2. The summed E-state index contributed by atoms with van der Waals surface area (Å²) in [6.07, 6.45) is 6.13. The van der Waals surface area contributed by atoms with E-state index < -0.39 is 0 Å². The Balaban J connectivity index is 1.77. The Bertz CT molecular complexity index is 870. The van der Waals surface area contributed by atoms with Crippen molar-refractivity contribution in [2.75, 3.05) is 6.79 Å². The Kier molecular flexibility index (Phi) is 2.37. The van der Waals surface area contributed by atoms with Crippen LogP contribution in [0.2, 0.25) is 0 Å². The molecule has 0 amide bonds. The maximum atomic E-state index is 12.1. The molecule has 0 atom stereocenters. The Labute approximate surface area is 127 Å². The normalized spacial score (nSPS) is 19.4. The van der Waals surface area contributed by atoms with Crippen LogP contribution in [0.3, 0.4) is 0 Å². The molecule has 0 saturated heterocycles. The molecule has 0 unspecified atom stereocenters. The second kappa shape index (κ2) is 4.29. The monoisotopic (exact) mass is 295 g/mol. The van der Waals surface area contributed by atoms with Crippen LogP contribution in [-0.2, 0) is 11.2 Å². The fraction of sp³-hybridized carbons (Fsp3) is 0.353. The van der Waals surface area contributed by atoms with Crippen molar-refractivity contribution in [2.45, 2.75) is 32.1 Å². The number of allylic oxidation sites excluding steroid dienone is 2. The van der Waals surface area contributed by atoms with Gasteiger partial charge in [-0.3, -0.25) is 4.79 Å². The third kappa shape index (κ3) is 1.56. The van der Waals surface area contributed by atoms with Crippen LogP contribution in [-0.4, -0.2) is 17.6 Å². The molecule has 0 bridgehead atoms. The molecule has 0 fully saturated rings. The van der Waals surface area contributed by atoms with E-state index in [2.05, 4.69) is 9.55 Å². The molecule has 1 aliphatic carbocycles. The minimum absolute atomic E-state index is 0.269. The minimum Gasteiger partial charge on any atom is -0.454 e. The van der Waals surface area contributed by atoms with Crippen LogP contribution in [0.15, 0.2) is 24.0 Å². The first-order valence-corrected chi connectivity index (χ1v) is 7.70. The van der Waals surface area contributed by atoms with Crippen LogP contribution in [0, 0.1) is 0 Å². The largest absolute Gasteiger partial charge is 0.454 e. The second-order valence-electron chi connectivity index (χ2n) is 5.99. The molecular formula is C17H15N2O3+. The Morgan fingerprint density at radius 1 is 1.05 bits per heavy atom. The predicted molar refractivity (Wildman–Crippen MR) is 78.5 cm³/mol. The molecule has 1 aromatic heterocycles. The smallest absolute Gasteiger partial charge is 0.291 e. The summed E-state index contributed by atoms with van der Waals surface area (Å²) >= 11 is 0. The Morgan fingerprint density at radius 2 is 1.91 bits per heavy atom. The number of ketones is 1. The average Bonchev–Trinajstić information content (AvgIpc) is 3.00. The summed E-state index contributed by atoms with van der Waals surface area (Å²) in [5.74, 6) is 1.85. The molecule has 5 rings (SSSR count). The number of carbonyl (C=O) groups is 1. The zero-order valence-electron chi connectivity index (χ0n) is 12.1. The van der Waals surface area contributed by atoms with E-state index in [1.807, 2.05) is 18.5 Å². The number of fused-ring (bicyclic) bond motifs is 5. The number of carbonyl (C=O) groups excluding carboxylic acids is 1. The van der Waals surface area contributed by atoms with Gasteiger partial charge in [0.15, 0.2) is 22.8 Å². The molecule has 2 aliphatic heterocycles. The molecule has 1 aromatic carbocycles. The van der Waals surface area contributed by atoms with E-state index in [0.717, 1.165) is 59.4 Å². The molecule has 3 heterocycles. The van der Waals surface area contributed by atoms with E-state index in [0.29, 0.717) is 12.2 Å². The average molecular weight is 295 g/mol. The van der Waals surface area contributed by atoms with Crippen LogP contribution < -0.4 is 14.0 Å². The molecule has 0 radical (unpaired) electrons. The van der Waals surface area contributed by atoms with Crippen LogP contribution in [0.25, 0.3) is 16.6 Å². The van der Waals surface area contributed by atoms with Gasteiger partial charge in [0.25, 0.3) is 6.33 Å². The third-order valence-corrected chi connectivity index (χ3v) is 4.81. The van der Waals surface area contributed by atoms with Crippen molar-refractivity contribution in [3.63, 3.8) is 0 Å². The number of hydrogen-bond acceptors (Lipinski definition) is 4. The van der Waals surface area contributed by atoms with E-state index in [-0.39, 0.29) is 6.79 Å². The van der Waals surface area contributed by atoms with Crippen molar-refractivity contribution in [3.8, 4) is 11.5 Å². The summed E-state index contributed by atoms with van der Waals surface area (Å²) in [6.45, 7) is 0.269.